The summed E-state index contributed by atoms with van der Waals surface area (Å²) in [6, 6.07) is 4.38. The second kappa shape index (κ2) is 5.46. The van der Waals surface area contributed by atoms with E-state index in [1.807, 2.05) is 12.1 Å². The van der Waals surface area contributed by atoms with Crippen molar-refractivity contribution < 1.29 is 5.11 Å². The van der Waals surface area contributed by atoms with Gasteiger partial charge in [-0.1, -0.05) is 0 Å². The standard InChI is InChI=1S/C13H17BrN4O/c14-11-7-15-13-6-5-12(17-18(11)13)16-10-3-1-9(8-19)2-4-10/h5-7,9-10,19H,1-4,8H2,(H,16,17). The number of aliphatic hydroxyl groups is 1. The number of anilines is 1. The summed E-state index contributed by atoms with van der Waals surface area (Å²) in [7, 11) is 0. The number of hydrogen-bond donors (Lipinski definition) is 2. The average Bonchev–Trinajstić information content (AvgIpc) is 2.81. The van der Waals surface area contributed by atoms with Gasteiger partial charge in [-0.15, -0.1) is 5.10 Å². The summed E-state index contributed by atoms with van der Waals surface area (Å²) in [5.74, 6) is 1.36. The Hall–Kier alpha value is -1.14. The molecule has 0 bridgehead atoms. The summed E-state index contributed by atoms with van der Waals surface area (Å²) in [6.07, 6.45) is 6.11. The summed E-state index contributed by atoms with van der Waals surface area (Å²) in [4.78, 5) is 4.23. The van der Waals surface area contributed by atoms with Crippen LogP contribution in [0.2, 0.25) is 0 Å². The highest BCUT2D eigenvalue weighted by atomic mass is 79.9. The zero-order valence-corrected chi connectivity index (χ0v) is 12.2. The largest absolute Gasteiger partial charge is 0.396 e. The van der Waals surface area contributed by atoms with E-state index >= 15 is 0 Å². The van der Waals surface area contributed by atoms with Crippen molar-refractivity contribution in [1.29, 1.82) is 0 Å². The molecule has 1 aliphatic rings. The molecule has 1 aliphatic carbocycles. The van der Waals surface area contributed by atoms with Gasteiger partial charge < -0.3 is 10.4 Å². The van der Waals surface area contributed by atoms with Crippen LogP contribution in [0.3, 0.4) is 0 Å². The Morgan fingerprint density at radius 1 is 1.32 bits per heavy atom. The Balaban J connectivity index is 1.70. The SMILES string of the molecule is OCC1CCC(Nc2ccc3ncc(Br)n3n2)CC1. The summed E-state index contributed by atoms with van der Waals surface area (Å²) in [5.41, 5.74) is 0.835. The number of fused-ring (bicyclic) bond motifs is 1. The van der Waals surface area contributed by atoms with Gasteiger partial charge in [0.2, 0.25) is 0 Å². The zero-order chi connectivity index (χ0) is 13.2. The highest BCUT2D eigenvalue weighted by molar-refractivity contribution is 9.10. The summed E-state index contributed by atoms with van der Waals surface area (Å²) < 4.78 is 2.64. The van der Waals surface area contributed by atoms with Gasteiger partial charge in [-0.05, 0) is 59.7 Å². The van der Waals surface area contributed by atoms with Crippen LogP contribution in [-0.2, 0) is 0 Å². The fourth-order valence-electron chi connectivity index (χ4n) is 2.62. The van der Waals surface area contributed by atoms with E-state index in [0.29, 0.717) is 18.6 Å². The van der Waals surface area contributed by atoms with Crippen molar-refractivity contribution in [2.24, 2.45) is 5.92 Å². The van der Waals surface area contributed by atoms with Crippen LogP contribution in [0.1, 0.15) is 25.7 Å². The number of imidazole rings is 1. The maximum Gasteiger partial charge on any atom is 0.154 e. The van der Waals surface area contributed by atoms with Crippen LogP contribution < -0.4 is 5.32 Å². The first-order valence-electron chi connectivity index (χ1n) is 6.64. The van der Waals surface area contributed by atoms with Crippen LogP contribution in [0.5, 0.6) is 0 Å². The molecule has 2 aromatic heterocycles. The maximum absolute atomic E-state index is 9.14. The van der Waals surface area contributed by atoms with E-state index in [-0.39, 0.29) is 0 Å². The number of halogens is 1. The fraction of sp³-hybridized carbons (Fsp3) is 0.538. The van der Waals surface area contributed by atoms with Crippen molar-refractivity contribution in [3.05, 3.63) is 22.9 Å². The van der Waals surface area contributed by atoms with Crippen molar-refractivity contribution >= 4 is 27.4 Å². The molecule has 102 valence electrons. The highest BCUT2D eigenvalue weighted by Gasteiger charge is 2.20. The second-order valence-corrected chi connectivity index (χ2v) is 5.93. The monoisotopic (exact) mass is 324 g/mol. The van der Waals surface area contributed by atoms with E-state index in [9.17, 15) is 0 Å². The van der Waals surface area contributed by atoms with Gasteiger partial charge in [-0.3, -0.25) is 0 Å². The first kappa shape index (κ1) is 12.9. The van der Waals surface area contributed by atoms with E-state index < -0.39 is 0 Å². The number of aromatic nitrogens is 3. The number of hydrogen-bond acceptors (Lipinski definition) is 4. The summed E-state index contributed by atoms with van der Waals surface area (Å²) in [5, 5.41) is 17.1. The normalized spacial score (nSPS) is 23.7. The third-order valence-electron chi connectivity index (χ3n) is 3.78. The minimum atomic E-state index is 0.318. The zero-order valence-electron chi connectivity index (χ0n) is 10.6. The molecular weight excluding hydrogens is 308 g/mol. The molecule has 0 spiro atoms. The van der Waals surface area contributed by atoms with Crippen molar-refractivity contribution in [3.8, 4) is 0 Å². The molecule has 0 aromatic carbocycles. The smallest absolute Gasteiger partial charge is 0.154 e. The van der Waals surface area contributed by atoms with Gasteiger partial charge in [0.15, 0.2) is 5.65 Å². The molecule has 1 saturated carbocycles. The lowest BCUT2D eigenvalue weighted by Crippen LogP contribution is -2.27. The number of nitrogens with zero attached hydrogens (tertiary/aromatic N) is 3. The van der Waals surface area contributed by atoms with E-state index in [1.165, 1.54) is 0 Å². The summed E-state index contributed by atoms with van der Waals surface area (Å²) in [6.45, 7) is 0.318. The van der Waals surface area contributed by atoms with Gasteiger partial charge in [-0.25, -0.2) is 9.50 Å². The molecule has 3 rings (SSSR count). The molecule has 19 heavy (non-hydrogen) atoms. The lowest BCUT2D eigenvalue weighted by atomic mass is 9.86. The van der Waals surface area contributed by atoms with Crippen LogP contribution in [0.15, 0.2) is 22.9 Å². The van der Waals surface area contributed by atoms with E-state index in [0.717, 1.165) is 41.8 Å². The number of aliphatic hydroxyl groups excluding tert-OH is 1. The van der Waals surface area contributed by atoms with Gasteiger partial charge >= 0.3 is 0 Å². The van der Waals surface area contributed by atoms with E-state index in [1.54, 1.807) is 10.7 Å². The molecule has 0 atom stereocenters. The third kappa shape index (κ3) is 2.74. The molecule has 0 unspecified atom stereocenters. The average molecular weight is 325 g/mol. The lowest BCUT2D eigenvalue weighted by molar-refractivity contribution is 0.185. The van der Waals surface area contributed by atoms with Crippen molar-refractivity contribution in [2.75, 3.05) is 11.9 Å². The summed E-state index contributed by atoms with van der Waals surface area (Å²) >= 11 is 3.43. The topological polar surface area (TPSA) is 62.5 Å². The van der Waals surface area contributed by atoms with Gasteiger partial charge in [-0.2, -0.15) is 0 Å². The Bertz CT molecular complexity index is 563. The predicted octanol–water partition coefficient (Wildman–Crippen LogP) is 2.45. The molecule has 2 heterocycles. The first-order valence-corrected chi connectivity index (χ1v) is 7.43. The molecule has 2 N–H and O–H groups in total. The minimum absolute atomic E-state index is 0.318. The van der Waals surface area contributed by atoms with Crippen molar-refractivity contribution in [2.45, 2.75) is 31.7 Å². The van der Waals surface area contributed by atoms with Crippen molar-refractivity contribution in [1.82, 2.24) is 14.6 Å². The fourth-order valence-corrected chi connectivity index (χ4v) is 2.98. The lowest BCUT2D eigenvalue weighted by Gasteiger charge is -2.28. The van der Waals surface area contributed by atoms with Gasteiger partial charge in [0.25, 0.3) is 0 Å². The quantitative estimate of drug-likeness (QED) is 0.910. The van der Waals surface area contributed by atoms with Crippen molar-refractivity contribution in [3.63, 3.8) is 0 Å². The van der Waals surface area contributed by atoms with Crippen LogP contribution in [0, 0.1) is 5.92 Å². The van der Waals surface area contributed by atoms with E-state index in [4.69, 9.17) is 5.11 Å². The Kier molecular flexibility index (Phi) is 3.70. The highest BCUT2D eigenvalue weighted by Crippen LogP contribution is 2.26. The molecule has 5 nitrogen and oxygen atoms in total. The van der Waals surface area contributed by atoms with Crippen LogP contribution in [0.4, 0.5) is 5.82 Å². The maximum atomic E-state index is 9.14. The number of rotatable bonds is 3. The second-order valence-electron chi connectivity index (χ2n) is 5.11. The van der Waals surface area contributed by atoms with Crippen LogP contribution in [-0.4, -0.2) is 32.4 Å². The van der Waals surface area contributed by atoms with Gasteiger partial charge in [0.1, 0.15) is 10.4 Å². The molecule has 0 aliphatic heterocycles. The molecule has 0 saturated heterocycles. The third-order valence-corrected chi connectivity index (χ3v) is 4.32. The van der Waals surface area contributed by atoms with Crippen LogP contribution >= 0.6 is 15.9 Å². The first-order chi connectivity index (χ1) is 9.26. The molecule has 0 amide bonds. The predicted molar refractivity (Wildman–Crippen MR) is 77.1 cm³/mol. The molecule has 1 fully saturated rings. The molecule has 0 radical (unpaired) electrons. The van der Waals surface area contributed by atoms with Gasteiger partial charge in [0, 0.05) is 12.6 Å². The molecule has 2 aromatic rings. The molecule has 6 heteroatoms. The van der Waals surface area contributed by atoms with Crippen LogP contribution in [0.25, 0.3) is 5.65 Å². The molecular formula is C13H17BrN4O. The Morgan fingerprint density at radius 2 is 2.11 bits per heavy atom. The Labute approximate surface area is 120 Å². The number of nitrogens with one attached hydrogen (secondary N) is 1. The van der Waals surface area contributed by atoms with Gasteiger partial charge in [0.05, 0.1) is 6.20 Å². The Morgan fingerprint density at radius 3 is 2.84 bits per heavy atom. The van der Waals surface area contributed by atoms with E-state index in [2.05, 4.69) is 31.3 Å². The minimum Gasteiger partial charge on any atom is -0.396 e.